The molecule has 0 aliphatic heterocycles. The minimum absolute atomic E-state index is 0.116. The number of methoxy groups -OCH3 is 3. The third-order valence-corrected chi connectivity index (χ3v) is 4.33. The van der Waals surface area contributed by atoms with Gasteiger partial charge in [-0.25, -0.2) is 4.98 Å². The molecule has 0 saturated carbocycles. The Hall–Kier alpha value is -2.75. The van der Waals surface area contributed by atoms with Crippen LogP contribution < -0.4 is 20.3 Å². The van der Waals surface area contributed by atoms with E-state index in [9.17, 15) is 14.4 Å². The topological polar surface area (TPSA) is 120 Å². The number of esters is 1. The van der Waals surface area contributed by atoms with Gasteiger partial charge >= 0.3 is 5.97 Å². The van der Waals surface area contributed by atoms with Gasteiger partial charge in [0.1, 0.15) is 12.4 Å². The Morgan fingerprint density at radius 2 is 1.88 bits per heavy atom. The largest absolute Gasteiger partial charge is 0.493 e. The van der Waals surface area contributed by atoms with Gasteiger partial charge in [-0.2, -0.15) is 0 Å². The van der Waals surface area contributed by atoms with Crippen molar-refractivity contribution in [2.45, 2.75) is 5.75 Å². The van der Waals surface area contributed by atoms with Crippen molar-refractivity contribution in [3.05, 3.63) is 28.3 Å². The molecule has 1 aromatic heterocycles. The summed E-state index contributed by atoms with van der Waals surface area (Å²) in [5, 5.41) is 2.81. The highest BCUT2D eigenvalue weighted by atomic mass is 32.2. The highest BCUT2D eigenvalue weighted by Gasteiger charge is 2.11. The molecular formula is C16H19N3O6S. The molecule has 2 aromatic rings. The van der Waals surface area contributed by atoms with Crippen LogP contribution in [0.4, 0.5) is 0 Å². The first-order valence-electron chi connectivity index (χ1n) is 7.54. The van der Waals surface area contributed by atoms with Crippen LogP contribution in [0.1, 0.15) is 5.82 Å². The van der Waals surface area contributed by atoms with E-state index in [1.54, 1.807) is 12.1 Å². The molecular weight excluding hydrogens is 362 g/mol. The van der Waals surface area contributed by atoms with Crippen LogP contribution in [0.2, 0.25) is 0 Å². The number of aromatic nitrogens is 2. The molecule has 0 saturated heterocycles. The summed E-state index contributed by atoms with van der Waals surface area (Å²) in [5.74, 6) is 0.954. The molecule has 10 heteroatoms. The summed E-state index contributed by atoms with van der Waals surface area (Å²) in [7, 11) is 4.23. The SMILES string of the molecule is COC(=O)CNC(=O)CSCc1nc2cc(OC)c(OC)cc2c(=O)[nH]1. The molecule has 0 radical (unpaired) electrons. The zero-order valence-electron chi connectivity index (χ0n) is 14.6. The fraction of sp³-hybridized carbons (Fsp3) is 0.375. The van der Waals surface area contributed by atoms with E-state index in [0.717, 1.165) is 0 Å². The van der Waals surface area contributed by atoms with Crippen LogP contribution in [-0.2, 0) is 20.1 Å². The molecule has 2 rings (SSSR count). The number of hydrogen-bond acceptors (Lipinski definition) is 8. The summed E-state index contributed by atoms with van der Waals surface area (Å²) in [6.07, 6.45) is 0. The Morgan fingerprint density at radius 1 is 1.19 bits per heavy atom. The molecule has 0 aliphatic carbocycles. The number of H-pyrrole nitrogens is 1. The lowest BCUT2D eigenvalue weighted by molar-refractivity contribution is -0.140. The number of fused-ring (bicyclic) bond motifs is 1. The minimum Gasteiger partial charge on any atom is -0.493 e. The van der Waals surface area contributed by atoms with E-state index in [2.05, 4.69) is 20.0 Å². The quantitative estimate of drug-likeness (QED) is 0.633. The van der Waals surface area contributed by atoms with Crippen molar-refractivity contribution in [1.82, 2.24) is 15.3 Å². The van der Waals surface area contributed by atoms with Gasteiger partial charge in [-0.1, -0.05) is 0 Å². The Bertz CT molecular complexity index is 867. The summed E-state index contributed by atoms with van der Waals surface area (Å²) in [6, 6.07) is 3.19. The minimum atomic E-state index is -0.520. The van der Waals surface area contributed by atoms with Crippen LogP contribution in [0, 0.1) is 0 Å². The van der Waals surface area contributed by atoms with Crippen molar-refractivity contribution in [2.75, 3.05) is 33.6 Å². The third kappa shape index (κ3) is 4.88. The zero-order chi connectivity index (χ0) is 19.1. The predicted octanol–water partition coefficient (Wildman–Crippen LogP) is 0.463. The second-order valence-corrected chi connectivity index (χ2v) is 6.07. The first-order chi connectivity index (χ1) is 12.5. The van der Waals surface area contributed by atoms with Gasteiger partial charge in [-0.15, -0.1) is 11.8 Å². The van der Waals surface area contributed by atoms with Crippen LogP contribution >= 0.6 is 11.8 Å². The maximum atomic E-state index is 12.2. The maximum absolute atomic E-state index is 12.2. The number of amides is 1. The van der Waals surface area contributed by atoms with Crippen molar-refractivity contribution in [3.8, 4) is 11.5 Å². The van der Waals surface area contributed by atoms with E-state index in [0.29, 0.717) is 34.0 Å². The van der Waals surface area contributed by atoms with Gasteiger partial charge in [0.2, 0.25) is 5.91 Å². The second kappa shape index (κ2) is 9.09. The Kier molecular flexibility index (Phi) is 6.84. The van der Waals surface area contributed by atoms with Crippen molar-refractivity contribution < 1.29 is 23.8 Å². The van der Waals surface area contributed by atoms with E-state index in [1.165, 1.54) is 33.1 Å². The van der Waals surface area contributed by atoms with E-state index in [4.69, 9.17) is 9.47 Å². The number of rotatable bonds is 8. The number of ether oxygens (including phenoxy) is 3. The van der Waals surface area contributed by atoms with Gasteiger partial charge in [0.05, 0.1) is 43.7 Å². The Labute approximate surface area is 153 Å². The van der Waals surface area contributed by atoms with E-state index in [-0.39, 0.29) is 23.8 Å². The molecule has 140 valence electrons. The van der Waals surface area contributed by atoms with Crippen molar-refractivity contribution in [2.24, 2.45) is 0 Å². The molecule has 9 nitrogen and oxygen atoms in total. The van der Waals surface area contributed by atoms with Gasteiger partial charge in [-0.3, -0.25) is 14.4 Å². The molecule has 1 heterocycles. The lowest BCUT2D eigenvalue weighted by Gasteiger charge is -2.09. The number of thioether (sulfide) groups is 1. The van der Waals surface area contributed by atoms with Gasteiger partial charge in [0.15, 0.2) is 11.5 Å². The smallest absolute Gasteiger partial charge is 0.325 e. The predicted molar refractivity (Wildman–Crippen MR) is 96.7 cm³/mol. The lowest BCUT2D eigenvalue weighted by atomic mass is 10.2. The number of carbonyl (C=O) groups excluding carboxylic acids is 2. The normalized spacial score (nSPS) is 10.4. The zero-order valence-corrected chi connectivity index (χ0v) is 15.4. The van der Waals surface area contributed by atoms with Crippen LogP contribution in [0.25, 0.3) is 10.9 Å². The second-order valence-electron chi connectivity index (χ2n) is 5.08. The molecule has 0 fully saturated rings. The van der Waals surface area contributed by atoms with Crippen LogP contribution in [-0.4, -0.2) is 55.5 Å². The summed E-state index contributed by atoms with van der Waals surface area (Å²) < 4.78 is 14.8. The first-order valence-corrected chi connectivity index (χ1v) is 8.70. The van der Waals surface area contributed by atoms with Crippen molar-refractivity contribution in [1.29, 1.82) is 0 Å². The van der Waals surface area contributed by atoms with Crippen molar-refractivity contribution in [3.63, 3.8) is 0 Å². The number of aromatic amines is 1. The fourth-order valence-corrected chi connectivity index (χ4v) is 2.84. The maximum Gasteiger partial charge on any atom is 0.325 e. The molecule has 0 unspecified atom stereocenters. The third-order valence-electron chi connectivity index (χ3n) is 3.39. The van der Waals surface area contributed by atoms with Gasteiger partial charge in [0, 0.05) is 6.07 Å². The van der Waals surface area contributed by atoms with E-state index in [1.807, 2.05) is 0 Å². The lowest BCUT2D eigenvalue weighted by Crippen LogP contribution is -2.31. The van der Waals surface area contributed by atoms with Crippen LogP contribution in [0.5, 0.6) is 11.5 Å². The number of carbonyl (C=O) groups is 2. The Morgan fingerprint density at radius 3 is 2.54 bits per heavy atom. The average Bonchev–Trinajstić information content (AvgIpc) is 2.65. The molecule has 0 bridgehead atoms. The number of nitrogens with one attached hydrogen (secondary N) is 2. The molecule has 0 atom stereocenters. The monoisotopic (exact) mass is 381 g/mol. The Balaban J connectivity index is 2.05. The summed E-state index contributed by atoms with van der Waals surface area (Å²) in [5.41, 5.74) is 0.166. The molecule has 0 spiro atoms. The molecule has 26 heavy (non-hydrogen) atoms. The van der Waals surface area contributed by atoms with Crippen LogP contribution in [0.3, 0.4) is 0 Å². The van der Waals surface area contributed by atoms with Gasteiger partial charge in [0.25, 0.3) is 5.56 Å². The highest BCUT2D eigenvalue weighted by Crippen LogP contribution is 2.30. The summed E-state index contributed by atoms with van der Waals surface area (Å²) in [4.78, 5) is 41.9. The first kappa shape index (κ1) is 19.6. The average molecular weight is 381 g/mol. The van der Waals surface area contributed by atoms with Gasteiger partial charge in [-0.05, 0) is 6.07 Å². The van der Waals surface area contributed by atoms with Crippen molar-refractivity contribution >= 4 is 34.5 Å². The number of hydrogen-bond donors (Lipinski definition) is 2. The molecule has 2 N–H and O–H groups in total. The number of nitrogens with zero attached hydrogens (tertiary/aromatic N) is 1. The standard InChI is InChI=1S/C16H19N3O6S/c1-23-11-4-9-10(5-12(11)24-2)18-13(19-16(9)22)7-26-8-14(20)17-6-15(21)25-3/h4-5H,6-8H2,1-3H3,(H,17,20)(H,18,19,22). The molecule has 1 amide bonds. The number of benzene rings is 1. The highest BCUT2D eigenvalue weighted by molar-refractivity contribution is 7.99. The van der Waals surface area contributed by atoms with E-state index < -0.39 is 5.97 Å². The molecule has 1 aromatic carbocycles. The van der Waals surface area contributed by atoms with Crippen LogP contribution in [0.15, 0.2) is 16.9 Å². The fourth-order valence-electron chi connectivity index (χ4n) is 2.12. The molecule has 0 aliphatic rings. The van der Waals surface area contributed by atoms with Gasteiger partial charge < -0.3 is 24.5 Å². The summed E-state index contributed by atoms with van der Waals surface area (Å²) in [6.45, 7) is -0.178. The van der Waals surface area contributed by atoms with E-state index >= 15 is 0 Å². The summed E-state index contributed by atoms with van der Waals surface area (Å²) >= 11 is 1.26.